The van der Waals surface area contributed by atoms with E-state index in [-0.39, 0.29) is 0 Å². The van der Waals surface area contributed by atoms with Crippen LogP contribution in [-0.4, -0.2) is 20.3 Å². The van der Waals surface area contributed by atoms with Gasteiger partial charge in [0.25, 0.3) is 0 Å². The second-order valence-corrected chi connectivity index (χ2v) is 7.17. The Morgan fingerprint density at radius 3 is 2.33 bits per heavy atom. The molecule has 30 heavy (non-hydrogen) atoms. The fourth-order valence-corrected chi connectivity index (χ4v) is 3.34. The maximum absolute atomic E-state index is 6.06. The first kappa shape index (κ1) is 21.7. The molecule has 4 nitrogen and oxygen atoms in total. The quantitative estimate of drug-likeness (QED) is 0.439. The average molecular weight is 406 g/mol. The van der Waals surface area contributed by atoms with E-state index in [0.717, 1.165) is 36.8 Å². The standard InChI is InChI=1S/C26H31NO3/c1-4-29-26-17-21(18-27-16-15-22-10-7-8-12-24(22)28-3)13-14-25(26)30-19-23-11-6-5-9-20(23)2/h5-14,17,27H,4,15-16,18-19H2,1-3H3. The van der Waals surface area contributed by atoms with Crippen LogP contribution >= 0.6 is 0 Å². The number of para-hydroxylation sites is 1. The van der Waals surface area contributed by atoms with Gasteiger partial charge in [0.05, 0.1) is 13.7 Å². The zero-order valence-electron chi connectivity index (χ0n) is 18.1. The summed E-state index contributed by atoms with van der Waals surface area (Å²) < 4.78 is 17.3. The molecule has 0 aliphatic heterocycles. The van der Waals surface area contributed by atoms with E-state index in [1.165, 1.54) is 22.3 Å². The van der Waals surface area contributed by atoms with Gasteiger partial charge >= 0.3 is 0 Å². The lowest BCUT2D eigenvalue weighted by atomic mass is 10.1. The first-order valence-electron chi connectivity index (χ1n) is 10.5. The molecule has 0 aliphatic rings. The van der Waals surface area contributed by atoms with E-state index in [1.54, 1.807) is 7.11 Å². The number of rotatable bonds is 11. The van der Waals surface area contributed by atoms with Gasteiger partial charge < -0.3 is 19.5 Å². The zero-order chi connectivity index (χ0) is 21.2. The smallest absolute Gasteiger partial charge is 0.161 e. The summed E-state index contributed by atoms with van der Waals surface area (Å²) in [6.45, 7) is 6.86. The second-order valence-electron chi connectivity index (χ2n) is 7.17. The van der Waals surface area contributed by atoms with Gasteiger partial charge in [-0.05, 0) is 67.3 Å². The third-order valence-electron chi connectivity index (χ3n) is 5.05. The molecule has 0 aliphatic carbocycles. The Labute approximate surface area is 179 Å². The summed E-state index contributed by atoms with van der Waals surface area (Å²) >= 11 is 0. The minimum absolute atomic E-state index is 0.531. The van der Waals surface area contributed by atoms with Gasteiger partial charge in [0.1, 0.15) is 12.4 Å². The van der Waals surface area contributed by atoms with E-state index in [4.69, 9.17) is 14.2 Å². The molecular weight excluding hydrogens is 374 g/mol. The van der Waals surface area contributed by atoms with Gasteiger partial charge in [-0.2, -0.15) is 0 Å². The molecule has 0 saturated heterocycles. The van der Waals surface area contributed by atoms with E-state index < -0.39 is 0 Å². The van der Waals surface area contributed by atoms with Gasteiger partial charge in [-0.1, -0.05) is 48.5 Å². The van der Waals surface area contributed by atoms with Crippen LogP contribution < -0.4 is 19.5 Å². The maximum Gasteiger partial charge on any atom is 0.161 e. The highest BCUT2D eigenvalue weighted by Gasteiger charge is 2.08. The first-order valence-corrected chi connectivity index (χ1v) is 10.5. The predicted molar refractivity (Wildman–Crippen MR) is 122 cm³/mol. The van der Waals surface area contributed by atoms with Crippen molar-refractivity contribution in [3.05, 3.63) is 89.0 Å². The summed E-state index contributed by atoms with van der Waals surface area (Å²) in [5, 5.41) is 3.50. The van der Waals surface area contributed by atoms with Crippen molar-refractivity contribution in [1.29, 1.82) is 0 Å². The molecule has 1 N–H and O–H groups in total. The van der Waals surface area contributed by atoms with Gasteiger partial charge in [-0.3, -0.25) is 0 Å². The minimum atomic E-state index is 0.531. The average Bonchev–Trinajstić information content (AvgIpc) is 2.77. The summed E-state index contributed by atoms with van der Waals surface area (Å²) in [6.07, 6.45) is 0.917. The van der Waals surface area contributed by atoms with Crippen LogP contribution in [0.5, 0.6) is 17.2 Å². The highest BCUT2D eigenvalue weighted by Crippen LogP contribution is 2.29. The third-order valence-corrected chi connectivity index (χ3v) is 5.05. The SMILES string of the molecule is CCOc1cc(CNCCc2ccccc2OC)ccc1OCc1ccccc1C. The van der Waals surface area contributed by atoms with Crippen molar-refractivity contribution >= 4 is 0 Å². The number of nitrogens with one attached hydrogen (secondary N) is 1. The fourth-order valence-electron chi connectivity index (χ4n) is 3.34. The van der Waals surface area contributed by atoms with Crippen molar-refractivity contribution in [3.63, 3.8) is 0 Å². The number of ether oxygens (including phenoxy) is 3. The largest absolute Gasteiger partial charge is 0.496 e. The Balaban J connectivity index is 1.57. The summed E-state index contributed by atoms with van der Waals surface area (Å²) in [4.78, 5) is 0. The van der Waals surface area contributed by atoms with Crippen LogP contribution in [0.25, 0.3) is 0 Å². The number of benzene rings is 3. The van der Waals surface area contributed by atoms with E-state index in [1.807, 2.05) is 43.3 Å². The molecule has 0 atom stereocenters. The van der Waals surface area contributed by atoms with Gasteiger partial charge in [0, 0.05) is 6.54 Å². The molecule has 0 bridgehead atoms. The van der Waals surface area contributed by atoms with E-state index in [0.29, 0.717) is 13.2 Å². The molecule has 0 fully saturated rings. The van der Waals surface area contributed by atoms with Crippen molar-refractivity contribution in [1.82, 2.24) is 5.32 Å². The van der Waals surface area contributed by atoms with Crippen LogP contribution in [0.15, 0.2) is 66.7 Å². The minimum Gasteiger partial charge on any atom is -0.496 e. The van der Waals surface area contributed by atoms with E-state index in [2.05, 4.69) is 42.6 Å². The Morgan fingerprint density at radius 1 is 0.800 bits per heavy atom. The molecule has 0 aromatic heterocycles. The molecule has 0 heterocycles. The Hall–Kier alpha value is -2.98. The molecule has 3 aromatic carbocycles. The van der Waals surface area contributed by atoms with Gasteiger partial charge in [-0.15, -0.1) is 0 Å². The lowest BCUT2D eigenvalue weighted by molar-refractivity contribution is 0.268. The first-order chi connectivity index (χ1) is 14.7. The predicted octanol–water partition coefficient (Wildman–Crippen LogP) is 5.31. The highest BCUT2D eigenvalue weighted by molar-refractivity contribution is 5.43. The molecule has 158 valence electrons. The molecule has 0 saturated carbocycles. The Bertz CT molecular complexity index is 939. The number of aryl methyl sites for hydroxylation is 1. The maximum atomic E-state index is 6.06. The van der Waals surface area contributed by atoms with Gasteiger partial charge in [0.15, 0.2) is 11.5 Å². The summed E-state index contributed by atoms with van der Waals surface area (Å²) in [7, 11) is 1.71. The van der Waals surface area contributed by atoms with Crippen molar-refractivity contribution in [3.8, 4) is 17.2 Å². The molecule has 3 rings (SSSR count). The molecule has 4 heteroatoms. The number of hydrogen-bond acceptors (Lipinski definition) is 4. The van der Waals surface area contributed by atoms with Gasteiger partial charge in [0.2, 0.25) is 0 Å². The van der Waals surface area contributed by atoms with Crippen molar-refractivity contribution in [2.24, 2.45) is 0 Å². The highest BCUT2D eigenvalue weighted by atomic mass is 16.5. The van der Waals surface area contributed by atoms with Crippen LogP contribution in [0.4, 0.5) is 0 Å². The second kappa shape index (κ2) is 11.3. The molecular formula is C26H31NO3. The van der Waals surface area contributed by atoms with Crippen molar-refractivity contribution < 1.29 is 14.2 Å². The van der Waals surface area contributed by atoms with Crippen molar-refractivity contribution in [2.45, 2.75) is 33.4 Å². The Morgan fingerprint density at radius 2 is 1.57 bits per heavy atom. The molecule has 3 aromatic rings. The van der Waals surface area contributed by atoms with E-state index in [9.17, 15) is 0 Å². The third kappa shape index (κ3) is 6.01. The molecule has 0 radical (unpaired) electrons. The van der Waals surface area contributed by atoms with Crippen molar-refractivity contribution in [2.75, 3.05) is 20.3 Å². The summed E-state index contributed by atoms with van der Waals surface area (Å²) in [5.74, 6) is 2.50. The number of hydrogen-bond donors (Lipinski definition) is 1. The van der Waals surface area contributed by atoms with Crippen LogP contribution in [0.1, 0.15) is 29.2 Å². The lowest BCUT2D eigenvalue weighted by Crippen LogP contribution is -2.17. The fraction of sp³-hybridized carbons (Fsp3) is 0.308. The van der Waals surface area contributed by atoms with Crippen LogP contribution in [-0.2, 0) is 19.6 Å². The van der Waals surface area contributed by atoms with E-state index >= 15 is 0 Å². The topological polar surface area (TPSA) is 39.7 Å². The lowest BCUT2D eigenvalue weighted by Gasteiger charge is -2.15. The van der Waals surface area contributed by atoms with Crippen LogP contribution in [0.2, 0.25) is 0 Å². The zero-order valence-corrected chi connectivity index (χ0v) is 18.1. The molecule has 0 spiro atoms. The Kier molecular flexibility index (Phi) is 8.16. The van der Waals surface area contributed by atoms with Crippen LogP contribution in [0, 0.1) is 6.92 Å². The summed E-state index contributed by atoms with van der Waals surface area (Å²) in [6, 6.07) is 22.6. The van der Waals surface area contributed by atoms with Gasteiger partial charge in [-0.25, -0.2) is 0 Å². The summed E-state index contributed by atoms with van der Waals surface area (Å²) in [5.41, 5.74) is 4.79. The monoisotopic (exact) mass is 405 g/mol. The number of methoxy groups -OCH3 is 1. The normalized spacial score (nSPS) is 10.6. The molecule has 0 unspecified atom stereocenters. The van der Waals surface area contributed by atoms with Crippen LogP contribution in [0.3, 0.4) is 0 Å². The molecule has 0 amide bonds.